The lowest BCUT2D eigenvalue weighted by molar-refractivity contribution is -0.134. The molecule has 0 saturated carbocycles. The van der Waals surface area contributed by atoms with Crippen molar-refractivity contribution in [3.63, 3.8) is 0 Å². The van der Waals surface area contributed by atoms with Crippen LogP contribution in [0.5, 0.6) is 0 Å². The summed E-state index contributed by atoms with van der Waals surface area (Å²) < 4.78 is 34.8. The van der Waals surface area contributed by atoms with Crippen molar-refractivity contribution in [1.82, 2.24) is 20.0 Å². The Hall–Kier alpha value is -5.14. The van der Waals surface area contributed by atoms with Crippen LogP contribution in [0, 0.1) is 11.6 Å². The SMILES string of the molecule is CN(C)C(=O)NC1(c2ccccc2)CCN(CCC2(c3ccc(F)c(F)c3)CN(C(=O)c3ccccc3)CCO2)CC1.O=C(O)C=CC(=O)O. The van der Waals surface area contributed by atoms with Crippen LogP contribution in [0.25, 0.3) is 0 Å². The third-order valence-corrected chi connectivity index (χ3v) is 8.93. The zero-order valence-corrected chi connectivity index (χ0v) is 28.1. The van der Waals surface area contributed by atoms with E-state index in [1.54, 1.807) is 42.1 Å². The molecule has 2 heterocycles. The first-order chi connectivity index (χ1) is 23.8. The lowest BCUT2D eigenvalue weighted by Crippen LogP contribution is -2.56. The number of nitrogens with one attached hydrogen (secondary N) is 1. The molecule has 5 rings (SSSR count). The normalized spacial score (nSPS) is 18.8. The van der Waals surface area contributed by atoms with Crippen molar-refractivity contribution in [2.75, 3.05) is 53.4 Å². The maximum absolute atomic E-state index is 14.5. The number of halogens is 2. The molecule has 1 atom stereocenters. The molecule has 11 nitrogen and oxygen atoms in total. The third kappa shape index (κ3) is 9.73. The van der Waals surface area contributed by atoms with Gasteiger partial charge in [-0.3, -0.25) is 4.79 Å². The highest BCUT2D eigenvalue weighted by atomic mass is 19.2. The monoisotopic (exact) mass is 692 g/mol. The number of hydrogen-bond acceptors (Lipinski definition) is 6. The Kier molecular flexibility index (Phi) is 12.8. The number of carboxylic acid groups (broad SMARTS) is 2. The minimum absolute atomic E-state index is 0.117. The summed E-state index contributed by atoms with van der Waals surface area (Å²) in [5.41, 5.74) is 0.679. The number of piperidine rings is 1. The van der Waals surface area contributed by atoms with Gasteiger partial charge in [0.25, 0.3) is 5.91 Å². The Morgan fingerprint density at radius 3 is 2.00 bits per heavy atom. The molecule has 0 bridgehead atoms. The molecular weight excluding hydrogens is 650 g/mol. The molecule has 0 aromatic heterocycles. The number of hydrogen-bond donors (Lipinski definition) is 3. The Labute approximate surface area is 289 Å². The lowest BCUT2D eigenvalue weighted by Gasteiger charge is -2.46. The molecule has 1 unspecified atom stereocenters. The van der Waals surface area contributed by atoms with Crippen LogP contribution in [0.3, 0.4) is 0 Å². The molecule has 2 fully saturated rings. The van der Waals surface area contributed by atoms with E-state index in [0.29, 0.717) is 55.6 Å². The Balaban J connectivity index is 0.000000627. The van der Waals surface area contributed by atoms with Gasteiger partial charge in [-0.05, 0) is 54.7 Å². The second-order valence-corrected chi connectivity index (χ2v) is 12.4. The van der Waals surface area contributed by atoms with E-state index < -0.39 is 34.7 Å². The summed E-state index contributed by atoms with van der Waals surface area (Å²) in [5.74, 6) is -4.49. The molecule has 2 saturated heterocycles. The smallest absolute Gasteiger partial charge is 0.328 e. The van der Waals surface area contributed by atoms with Gasteiger partial charge in [0.1, 0.15) is 5.60 Å². The highest BCUT2D eigenvalue weighted by Gasteiger charge is 2.42. The number of amides is 3. The molecule has 50 heavy (non-hydrogen) atoms. The maximum Gasteiger partial charge on any atom is 0.328 e. The minimum atomic E-state index is -1.26. The maximum atomic E-state index is 14.5. The predicted octanol–water partition coefficient (Wildman–Crippen LogP) is 4.70. The summed E-state index contributed by atoms with van der Waals surface area (Å²) in [6.07, 6.45) is 3.03. The summed E-state index contributed by atoms with van der Waals surface area (Å²) >= 11 is 0. The first-order valence-corrected chi connectivity index (χ1v) is 16.2. The molecule has 3 amide bonds. The number of nitrogens with zero attached hydrogens (tertiary/aromatic N) is 3. The summed E-state index contributed by atoms with van der Waals surface area (Å²) in [4.78, 5) is 50.8. The highest BCUT2D eigenvalue weighted by Crippen LogP contribution is 2.37. The van der Waals surface area contributed by atoms with E-state index in [1.165, 1.54) is 6.07 Å². The van der Waals surface area contributed by atoms with Crippen molar-refractivity contribution < 1.29 is 42.9 Å². The van der Waals surface area contributed by atoms with Crippen molar-refractivity contribution in [3.05, 3.63) is 119 Å². The number of carboxylic acids is 2. The van der Waals surface area contributed by atoms with E-state index in [2.05, 4.69) is 22.3 Å². The number of likely N-dealkylation sites (tertiary alicyclic amines) is 1. The van der Waals surface area contributed by atoms with Crippen molar-refractivity contribution in [1.29, 1.82) is 0 Å². The van der Waals surface area contributed by atoms with E-state index in [1.807, 2.05) is 36.4 Å². The number of benzene rings is 3. The van der Waals surface area contributed by atoms with E-state index in [-0.39, 0.29) is 25.1 Å². The van der Waals surface area contributed by atoms with Gasteiger partial charge in [0.2, 0.25) is 0 Å². The highest BCUT2D eigenvalue weighted by molar-refractivity contribution is 5.94. The number of rotatable bonds is 9. The van der Waals surface area contributed by atoms with Crippen LogP contribution in [0.1, 0.15) is 40.7 Å². The van der Waals surface area contributed by atoms with Crippen molar-refractivity contribution in [2.45, 2.75) is 30.4 Å². The molecule has 13 heteroatoms. The van der Waals surface area contributed by atoms with Gasteiger partial charge in [-0.1, -0.05) is 54.6 Å². The summed E-state index contributed by atoms with van der Waals surface area (Å²) in [7, 11) is 3.47. The molecule has 2 aliphatic heterocycles. The Morgan fingerprint density at radius 1 is 0.840 bits per heavy atom. The number of morpholine rings is 1. The van der Waals surface area contributed by atoms with Gasteiger partial charge in [0.05, 0.1) is 18.7 Å². The van der Waals surface area contributed by atoms with Crippen LogP contribution in [-0.2, 0) is 25.5 Å². The molecule has 2 aliphatic rings. The van der Waals surface area contributed by atoms with Crippen LogP contribution in [0.15, 0.2) is 91.0 Å². The topological polar surface area (TPSA) is 140 Å². The van der Waals surface area contributed by atoms with E-state index in [9.17, 15) is 28.0 Å². The molecular formula is C37H42F2N4O7. The fourth-order valence-electron chi connectivity index (χ4n) is 6.17. The number of carbonyl (C=O) groups excluding carboxylic acids is 2. The van der Waals surface area contributed by atoms with Gasteiger partial charge in [-0.15, -0.1) is 0 Å². The van der Waals surface area contributed by atoms with Crippen LogP contribution in [-0.4, -0.2) is 102 Å². The van der Waals surface area contributed by atoms with Crippen LogP contribution in [0.2, 0.25) is 0 Å². The van der Waals surface area contributed by atoms with Crippen molar-refractivity contribution >= 4 is 23.9 Å². The van der Waals surface area contributed by atoms with Gasteiger partial charge in [0, 0.05) is 58.0 Å². The lowest BCUT2D eigenvalue weighted by atomic mass is 9.80. The Bertz CT molecular complexity index is 1650. The van der Waals surface area contributed by atoms with E-state index in [0.717, 1.165) is 24.7 Å². The molecule has 0 radical (unpaired) electrons. The van der Waals surface area contributed by atoms with Gasteiger partial charge in [0.15, 0.2) is 11.6 Å². The molecule has 0 spiro atoms. The second-order valence-electron chi connectivity index (χ2n) is 12.4. The predicted molar refractivity (Wildman–Crippen MR) is 181 cm³/mol. The van der Waals surface area contributed by atoms with Gasteiger partial charge in [-0.25, -0.2) is 23.2 Å². The Morgan fingerprint density at radius 2 is 1.44 bits per heavy atom. The quantitative estimate of drug-likeness (QED) is 0.275. The average Bonchev–Trinajstić information content (AvgIpc) is 3.12. The van der Waals surface area contributed by atoms with Gasteiger partial charge < -0.3 is 35.0 Å². The van der Waals surface area contributed by atoms with Crippen LogP contribution >= 0.6 is 0 Å². The van der Waals surface area contributed by atoms with Gasteiger partial charge in [-0.2, -0.15) is 0 Å². The third-order valence-electron chi connectivity index (χ3n) is 8.93. The van der Waals surface area contributed by atoms with Crippen LogP contribution < -0.4 is 5.32 Å². The van der Waals surface area contributed by atoms with Crippen LogP contribution in [0.4, 0.5) is 13.6 Å². The zero-order valence-electron chi connectivity index (χ0n) is 28.1. The number of aliphatic carboxylic acids is 2. The summed E-state index contributed by atoms with van der Waals surface area (Å²) in [6.45, 7) is 3.00. The molecule has 0 aliphatic carbocycles. The van der Waals surface area contributed by atoms with E-state index >= 15 is 0 Å². The molecule has 3 aromatic carbocycles. The fourth-order valence-corrected chi connectivity index (χ4v) is 6.17. The first kappa shape index (κ1) is 37.7. The molecule has 3 aromatic rings. The number of urea groups is 1. The molecule has 266 valence electrons. The summed E-state index contributed by atoms with van der Waals surface area (Å²) in [6, 6.07) is 22.8. The van der Waals surface area contributed by atoms with Crippen molar-refractivity contribution in [2.24, 2.45) is 0 Å². The average molecular weight is 693 g/mol. The summed E-state index contributed by atoms with van der Waals surface area (Å²) in [5, 5.41) is 18.9. The second kappa shape index (κ2) is 17.0. The molecule has 3 N–H and O–H groups in total. The number of carbonyl (C=O) groups is 4. The van der Waals surface area contributed by atoms with Gasteiger partial charge >= 0.3 is 18.0 Å². The number of ether oxygens (including phenoxy) is 1. The minimum Gasteiger partial charge on any atom is -0.478 e. The fraction of sp³-hybridized carbons (Fsp3) is 0.351. The van der Waals surface area contributed by atoms with Crippen molar-refractivity contribution in [3.8, 4) is 0 Å². The van der Waals surface area contributed by atoms with E-state index in [4.69, 9.17) is 14.9 Å². The standard InChI is InChI=1S/C33H38F2N4O3.C4H4O4/c1-37(2)31(41)36-32(26-11-7-4-8-12-26)15-18-38(19-16-32)20-17-33(27-13-14-28(34)29(35)23-27)24-39(21-22-42-33)30(40)25-9-5-3-6-10-25;5-3(6)1-2-4(7)8/h3-14,23H,15-22,24H2,1-2H3,(H,36,41);1-2H,(H,5,6)(H,7,8). The zero-order chi connectivity index (χ0) is 36.3. The first-order valence-electron chi connectivity index (χ1n) is 16.2. The largest absolute Gasteiger partial charge is 0.478 e.